The molecule has 5 heteroatoms. The third-order valence-electron chi connectivity index (χ3n) is 7.79. The van der Waals surface area contributed by atoms with Crippen LogP contribution in [0.1, 0.15) is 60.2 Å². The van der Waals surface area contributed by atoms with E-state index in [2.05, 4.69) is 31.3 Å². The molecule has 1 saturated carbocycles. The van der Waals surface area contributed by atoms with Crippen molar-refractivity contribution in [3.8, 4) is 5.75 Å². The highest BCUT2D eigenvalue weighted by Gasteiger charge is 2.31. The van der Waals surface area contributed by atoms with Gasteiger partial charge in [0.25, 0.3) is 11.8 Å². The molecule has 2 aliphatic rings. The van der Waals surface area contributed by atoms with Crippen LogP contribution >= 0.6 is 0 Å². The van der Waals surface area contributed by atoms with Crippen molar-refractivity contribution in [1.82, 2.24) is 5.32 Å². The number of ether oxygens (including phenoxy) is 1. The minimum Gasteiger partial charge on any atom is -0.449 e. The first kappa shape index (κ1) is 24.8. The van der Waals surface area contributed by atoms with E-state index < -0.39 is 0 Å². The number of nitrogens with zero attached hydrogens (tertiary/aromatic N) is 1. The number of fused-ring (bicyclic) bond motifs is 1. The molecule has 3 aromatic rings. The summed E-state index contributed by atoms with van der Waals surface area (Å²) in [6.07, 6.45) is 5.15. The first-order valence-corrected chi connectivity index (χ1v) is 13.2. The minimum absolute atomic E-state index is 0.0478. The maximum absolute atomic E-state index is 13.5. The molecule has 0 aromatic heterocycles. The zero-order valence-electron chi connectivity index (χ0n) is 21.7. The van der Waals surface area contributed by atoms with Crippen LogP contribution in [0.15, 0.2) is 78.6 Å². The number of carbonyl (C=O) groups is 2. The summed E-state index contributed by atoms with van der Waals surface area (Å²) < 4.78 is 6.03. The Morgan fingerprint density at radius 3 is 2.49 bits per heavy atom. The van der Waals surface area contributed by atoms with Gasteiger partial charge in [-0.1, -0.05) is 80.8 Å². The number of aryl methyl sites for hydroxylation is 1. The van der Waals surface area contributed by atoms with E-state index in [1.807, 2.05) is 67.6 Å². The lowest BCUT2D eigenvalue weighted by Crippen LogP contribution is -2.43. The Morgan fingerprint density at radius 2 is 1.73 bits per heavy atom. The summed E-state index contributed by atoms with van der Waals surface area (Å²) in [5.41, 5.74) is 4.40. The number of hydrogen-bond acceptors (Lipinski definition) is 3. The minimum atomic E-state index is -0.193. The second kappa shape index (κ2) is 10.6. The third kappa shape index (κ3) is 5.46. The fraction of sp³-hybridized carbons (Fsp3) is 0.312. The molecule has 0 radical (unpaired) electrons. The van der Waals surface area contributed by atoms with Gasteiger partial charge in [-0.05, 0) is 66.6 Å². The largest absolute Gasteiger partial charge is 0.449 e. The van der Waals surface area contributed by atoms with Gasteiger partial charge < -0.3 is 10.1 Å². The lowest BCUT2D eigenvalue weighted by molar-refractivity contribution is -0.117. The lowest BCUT2D eigenvalue weighted by Gasteiger charge is -2.34. The zero-order chi connectivity index (χ0) is 25.9. The van der Waals surface area contributed by atoms with Crippen LogP contribution in [0.5, 0.6) is 5.75 Å². The molecule has 3 aromatic carbocycles. The van der Waals surface area contributed by atoms with Gasteiger partial charge in [0.2, 0.25) is 0 Å². The molecule has 37 heavy (non-hydrogen) atoms. The summed E-state index contributed by atoms with van der Waals surface area (Å²) >= 11 is 0. The van der Waals surface area contributed by atoms with Gasteiger partial charge in [0.15, 0.2) is 11.5 Å². The molecule has 1 aliphatic carbocycles. The van der Waals surface area contributed by atoms with E-state index >= 15 is 0 Å². The quantitative estimate of drug-likeness (QED) is 0.411. The molecular weight excluding hydrogens is 460 g/mol. The number of benzene rings is 3. The van der Waals surface area contributed by atoms with Gasteiger partial charge in [-0.2, -0.15) is 0 Å². The predicted molar refractivity (Wildman–Crippen MR) is 147 cm³/mol. The maximum atomic E-state index is 13.5. The van der Waals surface area contributed by atoms with Gasteiger partial charge >= 0.3 is 0 Å². The van der Waals surface area contributed by atoms with Crippen molar-refractivity contribution in [2.45, 2.75) is 52.6 Å². The highest BCUT2D eigenvalue weighted by Crippen LogP contribution is 2.36. The van der Waals surface area contributed by atoms with Crippen LogP contribution in [0.3, 0.4) is 0 Å². The molecule has 2 amide bonds. The smallest absolute Gasteiger partial charge is 0.294 e. The molecule has 190 valence electrons. The fourth-order valence-electron chi connectivity index (χ4n) is 5.21. The Kier molecular flexibility index (Phi) is 7.13. The van der Waals surface area contributed by atoms with Crippen molar-refractivity contribution < 1.29 is 14.3 Å². The highest BCUT2D eigenvalue weighted by atomic mass is 16.5. The number of carbonyl (C=O) groups excluding carboxylic acids is 2. The molecule has 3 atom stereocenters. The van der Waals surface area contributed by atoms with Crippen LogP contribution in [0, 0.1) is 18.8 Å². The molecule has 1 fully saturated rings. The Labute approximate surface area is 219 Å². The number of para-hydroxylation sites is 2. The molecule has 5 nitrogen and oxygen atoms in total. The van der Waals surface area contributed by atoms with Crippen molar-refractivity contribution in [2.24, 2.45) is 11.8 Å². The van der Waals surface area contributed by atoms with Gasteiger partial charge in [0.1, 0.15) is 0 Å². The Morgan fingerprint density at radius 1 is 1.00 bits per heavy atom. The SMILES string of the molecule is Cc1ccc(CN2C(=O)/C(=C\c3ccc(C(=O)N[C@@H]4CCC[C@@H](C)[C@@H]4C)cc3)Oc3ccccc32)cc1. The van der Waals surface area contributed by atoms with Crippen LogP contribution in [0.25, 0.3) is 6.08 Å². The standard InChI is InChI=1S/C32H34N2O3/c1-21-11-13-25(14-12-21)20-34-28-9-4-5-10-29(28)37-30(32(34)36)19-24-15-17-26(18-16-24)31(35)33-27-8-6-7-22(2)23(27)3/h4-5,9-19,22-23,27H,6-8,20H2,1-3H3,(H,33,35)/b30-19+/t22-,23+,27-/m1/s1. The first-order chi connectivity index (χ1) is 17.9. The summed E-state index contributed by atoms with van der Waals surface area (Å²) in [7, 11) is 0. The van der Waals surface area contributed by atoms with Crippen molar-refractivity contribution in [1.29, 1.82) is 0 Å². The van der Waals surface area contributed by atoms with E-state index in [1.54, 1.807) is 11.0 Å². The number of nitrogens with one attached hydrogen (secondary N) is 1. The molecule has 1 N–H and O–H groups in total. The van der Waals surface area contributed by atoms with Crippen LogP contribution in [-0.4, -0.2) is 17.9 Å². The summed E-state index contributed by atoms with van der Waals surface area (Å²) in [5.74, 6) is 1.76. The van der Waals surface area contributed by atoms with Gasteiger partial charge in [-0.3, -0.25) is 14.5 Å². The van der Waals surface area contributed by atoms with Crippen LogP contribution in [0.2, 0.25) is 0 Å². The van der Waals surface area contributed by atoms with E-state index in [9.17, 15) is 9.59 Å². The maximum Gasteiger partial charge on any atom is 0.294 e. The van der Waals surface area contributed by atoms with Gasteiger partial charge in [0, 0.05) is 11.6 Å². The third-order valence-corrected chi connectivity index (χ3v) is 7.79. The summed E-state index contributed by atoms with van der Waals surface area (Å²) in [5, 5.41) is 3.23. The first-order valence-electron chi connectivity index (χ1n) is 13.2. The lowest BCUT2D eigenvalue weighted by atomic mass is 9.78. The van der Waals surface area contributed by atoms with Crippen molar-refractivity contribution in [3.63, 3.8) is 0 Å². The molecule has 5 rings (SSSR count). The Balaban J connectivity index is 1.34. The van der Waals surface area contributed by atoms with Gasteiger partial charge in [0.05, 0.1) is 12.2 Å². The number of hydrogen-bond donors (Lipinski definition) is 1. The molecule has 1 aliphatic heterocycles. The second-order valence-electron chi connectivity index (χ2n) is 10.4. The second-order valence-corrected chi connectivity index (χ2v) is 10.4. The summed E-state index contributed by atoms with van der Waals surface area (Å²) in [4.78, 5) is 28.1. The van der Waals surface area contributed by atoms with Crippen molar-refractivity contribution >= 4 is 23.6 Å². The van der Waals surface area contributed by atoms with Crippen molar-refractivity contribution in [2.75, 3.05) is 4.90 Å². The van der Waals surface area contributed by atoms with E-state index in [-0.39, 0.29) is 23.6 Å². The van der Waals surface area contributed by atoms with Crippen LogP contribution in [-0.2, 0) is 11.3 Å². The van der Waals surface area contributed by atoms with E-state index in [0.29, 0.717) is 29.7 Å². The summed E-state index contributed by atoms with van der Waals surface area (Å²) in [6, 6.07) is 23.3. The normalized spacial score (nSPS) is 22.4. The molecule has 0 unspecified atom stereocenters. The average Bonchev–Trinajstić information content (AvgIpc) is 2.90. The Bertz CT molecular complexity index is 1310. The molecule has 1 heterocycles. The molecule has 0 bridgehead atoms. The van der Waals surface area contributed by atoms with E-state index in [4.69, 9.17) is 4.74 Å². The monoisotopic (exact) mass is 494 g/mol. The zero-order valence-corrected chi connectivity index (χ0v) is 21.7. The van der Waals surface area contributed by atoms with Gasteiger partial charge in [-0.25, -0.2) is 0 Å². The van der Waals surface area contributed by atoms with Crippen LogP contribution < -0.4 is 15.0 Å². The average molecular weight is 495 g/mol. The molecule has 0 saturated heterocycles. The number of rotatable bonds is 5. The fourth-order valence-corrected chi connectivity index (χ4v) is 5.21. The number of anilines is 1. The van der Waals surface area contributed by atoms with E-state index in [1.165, 1.54) is 12.0 Å². The number of amides is 2. The topological polar surface area (TPSA) is 58.6 Å². The van der Waals surface area contributed by atoms with Gasteiger partial charge in [-0.15, -0.1) is 0 Å². The van der Waals surface area contributed by atoms with Crippen molar-refractivity contribution in [3.05, 3.63) is 101 Å². The highest BCUT2D eigenvalue weighted by molar-refractivity contribution is 6.09. The van der Waals surface area contributed by atoms with Crippen LogP contribution in [0.4, 0.5) is 5.69 Å². The summed E-state index contributed by atoms with van der Waals surface area (Å²) in [6.45, 7) is 6.99. The molecule has 0 spiro atoms. The Hall–Kier alpha value is -3.86. The molecular formula is C32H34N2O3. The predicted octanol–water partition coefficient (Wildman–Crippen LogP) is 6.52. The van der Waals surface area contributed by atoms with E-state index in [0.717, 1.165) is 29.7 Å².